The lowest BCUT2D eigenvalue weighted by atomic mass is 10.0. The topological polar surface area (TPSA) is 9.23 Å². The van der Waals surface area contributed by atoms with Crippen molar-refractivity contribution in [2.75, 3.05) is 7.11 Å². The maximum absolute atomic E-state index is 6.49. The minimum absolute atomic E-state index is 0.135. The summed E-state index contributed by atoms with van der Waals surface area (Å²) >= 11 is 15.8. The molecule has 1 atom stereocenters. The summed E-state index contributed by atoms with van der Waals surface area (Å²) in [6.45, 7) is 0. The number of benzene rings is 2. The Hall–Kier alpha value is -0.700. The molecule has 0 aliphatic carbocycles. The molecule has 100 valence electrons. The minimum Gasteiger partial charge on any atom is -0.496 e. The van der Waals surface area contributed by atoms with Crippen LogP contribution < -0.4 is 4.74 Å². The van der Waals surface area contributed by atoms with Crippen LogP contribution in [0.25, 0.3) is 0 Å². The summed E-state index contributed by atoms with van der Waals surface area (Å²) < 4.78 is 6.34. The van der Waals surface area contributed by atoms with Crippen LogP contribution in [0.5, 0.6) is 5.75 Å². The zero-order chi connectivity index (χ0) is 13.8. The lowest BCUT2D eigenvalue weighted by molar-refractivity contribution is 0.408. The summed E-state index contributed by atoms with van der Waals surface area (Å²) in [5, 5.41) is 0.598. The molecule has 0 aliphatic heterocycles. The minimum atomic E-state index is -0.135. The van der Waals surface area contributed by atoms with E-state index in [0.717, 1.165) is 32.8 Å². The van der Waals surface area contributed by atoms with Crippen molar-refractivity contribution in [2.24, 2.45) is 0 Å². The van der Waals surface area contributed by atoms with Crippen molar-refractivity contribution >= 4 is 39.1 Å². The van der Waals surface area contributed by atoms with Gasteiger partial charge in [-0.2, -0.15) is 0 Å². The first-order valence-electron chi connectivity index (χ1n) is 5.82. The molecule has 1 nitrogen and oxygen atoms in total. The highest BCUT2D eigenvalue weighted by Crippen LogP contribution is 2.34. The number of hydrogen-bond acceptors (Lipinski definition) is 1. The molecule has 19 heavy (non-hydrogen) atoms. The van der Waals surface area contributed by atoms with Crippen LogP contribution in [-0.2, 0) is 6.42 Å². The van der Waals surface area contributed by atoms with Crippen molar-refractivity contribution in [1.82, 2.24) is 0 Å². The number of ether oxygens (including phenoxy) is 1. The first-order valence-corrected chi connectivity index (χ1v) is 7.43. The molecule has 2 aromatic rings. The third-order valence-corrected chi connectivity index (χ3v) is 4.00. The van der Waals surface area contributed by atoms with E-state index in [1.54, 1.807) is 7.11 Å². The van der Waals surface area contributed by atoms with E-state index in [4.69, 9.17) is 27.9 Å². The number of rotatable bonds is 4. The standard InChI is InChI=1S/C15H13BrCl2O/c1-19-15-9-11(16)4-7-13(15)14(18)8-10-2-5-12(17)6-3-10/h2-7,9,14H,8H2,1H3. The van der Waals surface area contributed by atoms with Gasteiger partial charge in [-0.25, -0.2) is 0 Å². The van der Waals surface area contributed by atoms with E-state index >= 15 is 0 Å². The molecule has 0 amide bonds. The lowest BCUT2D eigenvalue weighted by Crippen LogP contribution is -1.99. The molecule has 0 aliphatic rings. The lowest BCUT2D eigenvalue weighted by Gasteiger charge is -2.14. The molecule has 0 aromatic heterocycles. The predicted octanol–water partition coefficient (Wildman–Crippen LogP) is 5.63. The van der Waals surface area contributed by atoms with Gasteiger partial charge in [-0.05, 0) is 36.2 Å². The number of alkyl halides is 1. The van der Waals surface area contributed by atoms with Gasteiger partial charge in [-0.3, -0.25) is 0 Å². The molecule has 2 rings (SSSR count). The molecule has 0 heterocycles. The third-order valence-electron chi connectivity index (χ3n) is 2.86. The van der Waals surface area contributed by atoms with Gasteiger partial charge in [0.05, 0.1) is 12.5 Å². The Balaban J connectivity index is 2.19. The van der Waals surface area contributed by atoms with E-state index in [1.807, 2.05) is 42.5 Å². The van der Waals surface area contributed by atoms with Crippen molar-refractivity contribution in [3.63, 3.8) is 0 Å². The molecule has 1 unspecified atom stereocenters. The second-order valence-corrected chi connectivity index (χ2v) is 6.06. The number of halogens is 3. The molecular weight excluding hydrogens is 347 g/mol. The van der Waals surface area contributed by atoms with E-state index < -0.39 is 0 Å². The summed E-state index contributed by atoms with van der Waals surface area (Å²) in [6, 6.07) is 13.6. The van der Waals surface area contributed by atoms with Crippen molar-refractivity contribution in [3.8, 4) is 5.75 Å². The monoisotopic (exact) mass is 358 g/mol. The zero-order valence-corrected chi connectivity index (χ0v) is 13.5. The highest BCUT2D eigenvalue weighted by molar-refractivity contribution is 9.10. The third kappa shape index (κ3) is 3.88. The van der Waals surface area contributed by atoms with Crippen LogP contribution in [0.15, 0.2) is 46.9 Å². The summed E-state index contributed by atoms with van der Waals surface area (Å²) in [7, 11) is 1.65. The molecular formula is C15H13BrCl2O. The second kappa shape index (κ2) is 6.65. The van der Waals surface area contributed by atoms with Gasteiger partial charge in [0.25, 0.3) is 0 Å². The summed E-state index contributed by atoms with van der Waals surface area (Å²) in [5.74, 6) is 0.795. The van der Waals surface area contributed by atoms with Crippen molar-refractivity contribution in [3.05, 3.63) is 63.1 Å². The average Bonchev–Trinajstić information content (AvgIpc) is 2.41. The van der Waals surface area contributed by atoms with Gasteiger partial charge in [-0.1, -0.05) is 45.7 Å². The molecule has 0 bridgehead atoms. The molecule has 0 N–H and O–H groups in total. The Kier molecular flexibility index (Phi) is 5.14. The number of hydrogen-bond donors (Lipinski definition) is 0. The first-order chi connectivity index (χ1) is 9.10. The van der Waals surface area contributed by atoms with Gasteiger partial charge >= 0.3 is 0 Å². The Morgan fingerprint density at radius 3 is 2.47 bits per heavy atom. The van der Waals surface area contributed by atoms with Crippen LogP contribution in [0.4, 0.5) is 0 Å². The van der Waals surface area contributed by atoms with Crippen molar-refractivity contribution < 1.29 is 4.74 Å². The molecule has 0 saturated heterocycles. The van der Waals surface area contributed by atoms with Crippen LogP contribution >= 0.6 is 39.1 Å². The van der Waals surface area contributed by atoms with E-state index in [0.29, 0.717) is 0 Å². The summed E-state index contributed by atoms with van der Waals surface area (Å²) in [4.78, 5) is 0. The van der Waals surface area contributed by atoms with Gasteiger partial charge in [0, 0.05) is 15.1 Å². The van der Waals surface area contributed by atoms with E-state index in [-0.39, 0.29) is 5.38 Å². The van der Waals surface area contributed by atoms with Crippen LogP contribution in [0.1, 0.15) is 16.5 Å². The van der Waals surface area contributed by atoms with Gasteiger partial charge < -0.3 is 4.74 Å². The van der Waals surface area contributed by atoms with E-state index in [1.165, 1.54) is 0 Å². The zero-order valence-electron chi connectivity index (χ0n) is 10.4. The Labute approximate surface area is 131 Å². The second-order valence-electron chi connectivity index (χ2n) is 4.18. The normalized spacial score (nSPS) is 12.2. The van der Waals surface area contributed by atoms with Gasteiger partial charge in [-0.15, -0.1) is 11.6 Å². The fourth-order valence-corrected chi connectivity index (χ4v) is 2.71. The summed E-state index contributed by atoms with van der Waals surface area (Å²) in [5.41, 5.74) is 2.14. The van der Waals surface area contributed by atoms with Crippen LogP contribution in [0.2, 0.25) is 5.02 Å². The first kappa shape index (κ1) is 14.7. The van der Waals surface area contributed by atoms with Crippen molar-refractivity contribution in [1.29, 1.82) is 0 Å². The van der Waals surface area contributed by atoms with Gasteiger partial charge in [0.15, 0.2) is 0 Å². The Morgan fingerprint density at radius 1 is 1.16 bits per heavy atom. The predicted molar refractivity (Wildman–Crippen MR) is 84.4 cm³/mol. The fourth-order valence-electron chi connectivity index (χ4n) is 1.88. The highest BCUT2D eigenvalue weighted by Gasteiger charge is 2.14. The molecule has 4 heteroatoms. The van der Waals surface area contributed by atoms with Crippen LogP contribution in [0.3, 0.4) is 0 Å². The maximum Gasteiger partial charge on any atom is 0.124 e. The quantitative estimate of drug-likeness (QED) is 0.642. The smallest absolute Gasteiger partial charge is 0.124 e. The number of methoxy groups -OCH3 is 1. The van der Waals surface area contributed by atoms with Gasteiger partial charge in [0.1, 0.15) is 5.75 Å². The largest absolute Gasteiger partial charge is 0.496 e. The molecule has 0 radical (unpaired) electrons. The maximum atomic E-state index is 6.49. The van der Waals surface area contributed by atoms with Gasteiger partial charge in [0.2, 0.25) is 0 Å². The average molecular weight is 360 g/mol. The fraction of sp³-hybridized carbons (Fsp3) is 0.200. The van der Waals surface area contributed by atoms with E-state index in [2.05, 4.69) is 15.9 Å². The van der Waals surface area contributed by atoms with Crippen LogP contribution in [0, 0.1) is 0 Å². The highest BCUT2D eigenvalue weighted by atomic mass is 79.9. The van der Waals surface area contributed by atoms with Crippen molar-refractivity contribution in [2.45, 2.75) is 11.8 Å². The SMILES string of the molecule is COc1cc(Br)ccc1C(Cl)Cc1ccc(Cl)cc1. The molecule has 0 saturated carbocycles. The molecule has 0 spiro atoms. The van der Waals surface area contributed by atoms with E-state index in [9.17, 15) is 0 Å². The van der Waals surface area contributed by atoms with Crippen LogP contribution in [-0.4, -0.2) is 7.11 Å². The molecule has 2 aromatic carbocycles. The Morgan fingerprint density at radius 2 is 1.84 bits per heavy atom. The molecule has 0 fully saturated rings. The Bertz CT molecular complexity index is 555. The summed E-state index contributed by atoms with van der Waals surface area (Å²) in [6.07, 6.45) is 0.733.